The first-order valence-electron chi connectivity index (χ1n) is 3.85. The van der Waals surface area contributed by atoms with Crippen LogP contribution in [-0.2, 0) is 14.3 Å². The number of hydrogen-bond acceptors (Lipinski definition) is 3. The molecule has 0 atom stereocenters. The molecule has 0 aromatic carbocycles. The maximum Gasteiger partial charge on any atom is 0.303 e. The second kappa shape index (κ2) is 3.75. The van der Waals surface area contributed by atoms with Crippen LogP contribution in [-0.4, -0.2) is 17.4 Å². The van der Waals surface area contributed by atoms with E-state index in [0.717, 1.165) is 0 Å². The zero-order chi connectivity index (χ0) is 10.9. The van der Waals surface area contributed by atoms with Crippen LogP contribution in [0.3, 0.4) is 0 Å². The Labute approximate surface area is 91.3 Å². The van der Waals surface area contributed by atoms with Crippen LogP contribution >= 0.6 is 23.2 Å². The summed E-state index contributed by atoms with van der Waals surface area (Å²) in [5, 5.41) is -0.0810. The molecule has 1 aliphatic carbocycles. The molecule has 0 N–H and O–H groups in total. The van der Waals surface area contributed by atoms with E-state index in [1.165, 1.54) is 19.1 Å². The third-order valence-electron chi connectivity index (χ3n) is 1.62. The Morgan fingerprint density at radius 2 is 1.79 bits per heavy atom. The number of Topliss-reactive ketones (excluding diaryl/α,β-unsaturated/α-hetero) is 1. The second-order valence-electron chi connectivity index (χ2n) is 3.09. The van der Waals surface area contributed by atoms with Crippen LogP contribution in [0.15, 0.2) is 22.2 Å². The first kappa shape index (κ1) is 11.3. The highest BCUT2D eigenvalue weighted by Crippen LogP contribution is 2.29. The van der Waals surface area contributed by atoms with Crippen molar-refractivity contribution in [1.29, 1.82) is 0 Å². The summed E-state index contributed by atoms with van der Waals surface area (Å²) in [5.41, 5.74) is -1.03. The summed E-state index contributed by atoms with van der Waals surface area (Å²) < 4.78 is 4.96. The van der Waals surface area contributed by atoms with Crippen LogP contribution < -0.4 is 0 Å². The minimum atomic E-state index is -1.03. The number of ether oxygens (including phenoxy) is 1. The smallest absolute Gasteiger partial charge is 0.303 e. The Kier molecular flexibility index (Phi) is 3.02. The highest BCUT2D eigenvalue weighted by atomic mass is 35.5. The summed E-state index contributed by atoms with van der Waals surface area (Å²) in [6.07, 6.45) is 2.70. The maximum absolute atomic E-state index is 11.2. The molecule has 1 rings (SSSR count). The maximum atomic E-state index is 11.2. The predicted octanol–water partition coefficient (Wildman–Crippen LogP) is 2.14. The lowest BCUT2D eigenvalue weighted by molar-refractivity contribution is -0.148. The molecular weight excluding hydrogens is 227 g/mol. The van der Waals surface area contributed by atoms with Crippen molar-refractivity contribution in [2.45, 2.75) is 19.4 Å². The Hall–Kier alpha value is -0.800. The van der Waals surface area contributed by atoms with E-state index in [0.29, 0.717) is 0 Å². The quantitative estimate of drug-likeness (QED) is 0.654. The van der Waals surface area contributed by atoms with Gasteiger partial charge in [-0.15, -0.1) is 0 Å². The zero-order valence-corrected chi connectivity index (χ0v) is 9.15. The van der Waals surface area contributed by atoms with Crippen molar-refractivity contribution in [1.82, 2.24) is 0 Å². The van der Waals surface area contributed by atoms with E-state index in [-0.39, 0.29) is 10.1 Å². The molecule has 0 saturated carbocycles. The van der Waals surface area contributed by atoms with Crippen molar-refractivity contribution in [2.24, 2.45) is 0 Å². The number of carbonyl (C=O) groups excluding carboxylic acids is 2. The van der Waals surface area contributed by atoms with Gasteiger partial charge in [0.2, 0.25) is 5.78 Å². The van der Waals surface area contributed by atoms with E-state index in [9.17, 15) is 9.59 Å². The van der Waals surface area contributed by atoms with Crippen molar-refractivity contribution < 1.29 is 14.3 Å². The average Bonchev–Trinajstić information content (AvgIpc) is 1.97. The molecule has 14 heavy (non-hydrogen) atoms. The zero-order valence-electron chi connectivity index (χ0n) is 7.64. The Morgan fingerprint density at radius 1 is 1.36 bits per heavy atom. The number of carbonyl (C=O) groups is 2. The van der Waals surface area contributed by atoms with Gasteiger partial charge in [0.15, 0.2) is 0 Å². The normalized spacial score (nSPS) is 19.9. The number of ketones is 1. The van der Waals surface area contributed by atoms with Gasteiger partial charge >= 0.3 is 5.97 Å². The fraction of sp³-hybridized carbons (Fsp3) is 0.333. The summed E-state index contributed by atoms with van der Waals surface area (Å²) in [7, 11) is 0. The lowest BCUT2D eigenvalue weighted by atomic mass is 9.99. The fourth-order valence-corrected chi connectivity index (χ4v) is 1.84. The number of halogens is 2. The van der Waals surface area contributed by atoms with Gasteiger partial charge in [0.05, 0.1) is 10.1 Å². The SMILES string of the molecule is CC(=O)OC1(C)C=C(Cl)C(=O)C(Cl)=C1. The average molecular weight is 235 g/mol. The summed E-state index contributed by atoms with van der Waals surface area (Å²) in [4.78, 5) is 21.9. The molecule has 0 radical (unpaired) electrons. The number of hydrogen-bond donors (Lipinski definition) is 0. The molecule has 0 aromatic rings. The molecule has 76 valence electrons. The lowest BCUT2D eigenvalue weighted by Crippen LogP contribution is -2.30. The molecular formula is C9H8Cl2O3. The molecule has 0 spiro atoms. The van der Waals surface area contributed by atoms with Gasteiger partial charge in [0, 0.05) is 6.92 Å². The summed E-state index contributed by atoms with van der Waals surface area (Å²) in [6.45, 7) is 2.86. The molecule has 5 heteroatoms. The Balaban J connectivity index is 3.02. The van der Waals surface area contributed by atoms with Crippen molar-refractivity contribution in [3.05, 3.63) is 22.2 Å². The van der Waals surface area contributed by atoms with Crippen LogP contribution in [0.1, 0.15) is 13.8 Å². The molecule has 1 aliphatic rings. The molecule has 0 aromatic heterocycles. The van der Waals surface area contributed by atoms with Crippen LogP contribution in [0.5, 0.6) is 0 Å². The number of rotatable bonds is 1. The van der Waals surface area contributed by atoms with E-state index >= 15 is 0 Å². The first-order valence-corrected chi connectivity index (χ1v) is 4.61. The highest BCUT2D eigenvalue weighted by molar-refractivity contribution is 6.55. The van der Waals surface area contributed by atoms with E-state index in [4.69, 9.17) is 27.9 Å². The molecule has 0 unspecified atom stereocenters. The van der Waals surface area contributed by atoms with Gasteiger partial charge in [-0.2, -0.15) is 0 Å². The van der Waals surface area contributed by atoms with Crippen molar-refractivity contribution in [2.75, 3.05) is 0 Å². The third kappa shape index (κ3) is 2.36. The molecule has 0 saturated heterocycles. The highest BCUT2D eigenvalue weighted by Gasteiger charge is 2.31. The fourth-order valence-electron chi connectivity index (χ4n) is 1.16. The summed E-state index contributed by atoms with van der Waals surface area (Å²) in [6, 6.07) is 0. The molecule has 0 fully saturated rings. The van der Waals surface area contributed by atoms with Gasteiger partial charge in [0.1, 0.15) is 5.60 Å². The number of allylic oxidation sites excluding steroid dienone is 2. The van der Waals surface area contributed by atoms with E-state index in [1.54, 1.807) is 6.92 Å². The van der Waals surface area contributed by atoms with Gasteiger partial charge in [-0.3, -0.25) is 9.59 Å². The minimum Gasteiger partial charge on any atom is -0.451 e. The van der Waals surface area contributed by atoms with Gasteiger partial charge < -0.3 is 4.74 Å². The topological polar surface area (TPSA) is 43.4 Å². The van der Waals surface area contributed by atoms with Crippen LogP contribution in [0.4, 0.5) is 0 Å². The molecule has 0 bridgehead atoms. The Bertz CT molecular complexity index is 333. The molecule has 3 nitrogen and oxygen atoms in total. The third-order valence-corrected chi connectivity index (χ3v) is 2.19. The van der Waals surface area contributed by atoms with E-state index < -0.39 is 17.4 Å². The molecule has 0 heterocycles. The summed E-state index contributed by atoms with van der Waals surface area (Å²) in [5.74, 6) is -0.929. The number of esters is 1. The van der Waals surface area contributed by atoms with E-state index in [2.05, 4.69) is 0 Å². The van der Waals surface area contributed by atoms with Gasteiger partial charge in [-0.1, -0.05) is 23.2 Å². The van der Waals surface area contributed by atoms with Crippen molar-refractivity contribution in [3.8, 4) is 0 Å². The van der Waals surface area contributed by atoms with Gasteiger partial charge in [-0.05, 0) is 19.1 Å². The largest absolute Gasteiger partial charge is 0.451 e. The van der Waals surface area contributed by atoms with Crippen LogP contribution in [0.25, 0.3) is 0 Å². The Morgan fingerprint density at radius 3 is 2.14 bits per heavy atom. The molecule has 0 aliphatic heterocycles. The second-order valence-corrected chi connectivity index (χ2v) is 3.91. The van der Waals surface area contributed by atoms with Gasteiger partial charge in [-0.25, -0.2) is 0 Å². The predicted molar refractivity (Wildman–Crippen MR) is 53.1 cm³/mol. The van der Waals surface area contributed by atoms with Gasteiger partial charge in [0.25, 0.3) is 0 Å². The van der Waals surface area contributed by atoms with Crippen molar-refractivity contribution >= 4 is 35.0 Å². The first-order chi connectivity index (χ1) is 6.34. The monoisotopic (exact) mass is 234 g/mol. The minimum absolute atomic E-state index is 0.0405. The van der Waals surface area contributed by atoms with Crippen LogP contribution in [0, 0.1) is 0 Å². The molecule has 0 amide bonds. The lowest BCUT2D eigenvalue weighted by Gasteiger charge is -2.25. The van der Waals surface area contributed by atoms with Crippen molar-refractivity contribution in [3.63, 3.8) is 0 Å². The standard InChI is InChI=1S/C9H8Cl2O3/c1-5(12)14-9(2)3-6(10)8(13)7(11)4-9/h3-4H,1-2H3. The summed E-state index contributed by atoms with van der Waals surface area (Å²) >= 11 is 11.2. The van der Waals surface area contributed by atoms with E-state index in [1.807, 2.05) is 0 Å². The van der Waals surface area contributed by atoms with Crippen LogP contribution in [0.2, 0.25) is 0 Å².